The van der Waals surface area contributed by atoms with Crippen molar-refractivity contribution in [3.63, 3.8) is 0 Å². The minimum Gasteiger partial charge on any atom is -0.378 e. The standard InChI is InChI=1S/C17H19N5OS/c1-12-10-24-17-14(12)15(20-11-21-17)19-9-13-3-2-4-18-16(13)22-5-7-23-8-6-22/h2-4,10-11H,5-9H2,1H3,(H,19,20,21). The molecule has 24 heavy (non-hydrogen) atoms. The fraction of sp³-hybridized carbons (Fsp3) is 0.353. The van der Waals surface area contributed by atoms with Crippen LogP contribution in [0.15, 0.2) is 30.0 Å². The lowest BCUT2D eigenvalue weighted by Gasteiger charge is -2.29. The summed E-state index contributed by atoms with van der Waals surface area (Å²) < 4.78 is 5.44. The van der Waals surface area contributed by atoms with Gasteiger partial charge in [0.25, 0.3) is 0 Å². The number of fused-ring (bicyclic) bond motifs is 1. The second-order valence-corrected chi connectivity index (χ2v) is 6.62. The van der Waals surface area contributed by atoms with Crippen molar-refractivity contribution in [2.24, 2.45) is 0 Å². The number of nitrogens with one attached hydrogen (secondary N) is 1. The number of aromatic nitrogens is 3. The Labute approximate surface area is 144 Å². The van der Waals surface area contributed by atoms with Crippen molar-refractivity contribution in [1.82, 2.24) is 15.0 Å². The molecule has 0 unspecified atom stereocenters. The number of morpholine rings is 1. The van der Waals surface area contributed by atoms with Crippen molar-refractivity contribution >= 4 is 33.2 Å². The molecule has 1 saturated heterocycles. The summed E-state index contributed by atoms with van der Waals surface area (Å²) in [4.78, 5) is 16.7. The first-order valence-electron chi connectivity index (χ1n) is 8.02. The third kappa shape index (κ3) is 2.92. The zero-order valence-electron chi connectivity index (χ0n) is 13.5. The third-order valence-corrected chi connectivity index (χ3v) is 5.18. The minimum atomic E-state index is 0.682. The minimum absolute atomic E-state index is 0.682. The highest BCUT2D eigenvalue weighted by atomic mass is 32.1. The second-order valence-electron chi connectivity index (χ2n) is 5.76. The Morgan fingerprint density at radius 1 is 1.25 bits per heavy atom. The predicted octanol–water partition coefficient (Wildman–Crippen LogP) is 2.84. The molecular formula is C17H19N5OS. The SMILES string of the molecule is Cc1csc2ncnc(NCc3cccnc3N3CCOCC3)c12. The van der Waals surface area contributed by atoms with Crippen LogP contribution in [0.3, 0.4) is 0 Å². The van der Waals surface area contributed by atoms with Gasteiger partial charge in [0.15, 0.2) is 0 Å². The number of pyridine rings is 1. The number of thiophene rings is 1. The molecule has 0 aromatic carbocycles. The van der Waals surface area contributed by atoms with Crippen molar-refractivity contribution in [2.45, 2.75) is 13.5 Å². The molecule has 0 saturated carbocycles. The van der Waals surface area contributed by atoms with Crippen LogP contribution in [0, 0.1) is 6.92 Å². The van der Waals surface area contributed by atoms with E-state index in [-0.39, 0.29) is 0 Å². The van der Waals surface area contributed by atoms with Crippen LogP contribution < -0.4 is 10.2 Å². The molecule has 124 valence electrons. The lowest BCUT2D eigenvalue weighted by atomic mass is 10.2. The van der Waals surface area contributed by atoms with E-state index in [0.717, 1.165) is 48.2 Å². The maximum absolute atomic E-state index is 5.44. The van der Waals surface area contributed by atoms with E-state index in [9.17, 15) is 0 Å². The van der Waals surface area contributed by atoms with E-state index in [4.69, 9.17) is 4.74 Å². The summed E-state index contributed by atoms with van der Waals surface area (Å²) in [5, 5.41) is 6.70. The molecule has 1 aliphatic rings. The van der Waals surface area contributed by atoms with Gasteiger partial charge in [0, 0.05) is 31.4 Å². The van der Waals surface area contributed by atoms with Gasteiger partial charge in [-0.05, 0) is 23.9 Å². The van der Waals surface area contributed by atoms with E-state index in [2.05, 4.69) is 43.5 Å². The smallest absolute Gasteiger partial charge is 0.138 e. The summed E-state index contributed by atoms with van der Waals surface area (Å²) in [5.41, 5.74) is 2.37. The molecule has 3 aromatic rings. The largest absolute Gasteiger partial charge is 0.378 e. The Bertz CT molecular complexity index is 844. The van der Waals surface area contributed by atoms with E-state index in [1.807, 2.05) is 12.3 Å². The Balaban J connectivity index is 1.58. The average molecular weight is 341 g/mol. The molecule has 6 nitrogen and oxygen atoms in total. The van der Waals surface area contributed by atoms with Crippen LogP contribution >= 0.6 is 11.3 Å². The number of ether oxygens (including phenoxy) is 1. The fourth-order valence-corrected chi connectivity index (χ4v) is 3.85. The van der Waals surface area contributed by atoms with Crippen LogP contribution in [0.5, 0.6) is 0 Å². The number of hydrogen-bond acceptors (Lipinski definition) is 7. The van der Waals surface area contributed by atoms with Gasteiger partial charge in [-0.2, -0.15) is 0 Å². The zero-order chi connectivity index (χ0) is 16.4. The number of nitrogens with zero attached hydrogens (tertiary/aromatic N) is 4. The summed E-state index contributed by atoms with van der Waals surface area (Å²) in [6.07, 6.45) is 3.47. The lowest BCUT2D eigenvalue weighted by Crippen LogP contribution is -2.37. The molecule has 1 fully saturated rings. The van der Waals surface area contributed by atoms with E-state index < -0.39 is 0 Å². The van der Waals surface area contributed by atoms with Gasteiger partial charge in [-0.15, -0.1) is 11.3 Å². The van der Waals surface area contributed by atoms with E-state index in [1.165, 1.54) is 11.1 Å². The van der Waals surface area contributed by atoms with Gasteiger partial charge in [-0.1, -0.05) is 6.07 Å². The first-order chi connectivity index (χ1) is 11.8. The molecule has 0 spiro atoms. The maximum Gasteiger partial charge on any atom is 0.138 e. The topological polar surface area (TPSA) is 63.2 Å². The number of aryl methyl sites for hydroxylation is 1. The maximum atomic E-state index is 5.44. The van der Waals surface area contributed by atoms with Crippen LogP contribution in [-0.4, -0.2) is 41.3 Å². The number of hydrogen-bond donors (Lipinski definition) is 1. The van der Waals surface area contributed by atoms with Crippen LogP contribution in [0.4, 0.5) is 11.6 Å². The molecule has 1 N–H and O–H groups in total. The van der Waals surface area contributed by atoms with Crippen molar-refractivity contribution in [2.75, 3.05) is 36.5 Å². The highest BCUT2D eigenvalue weighted by molar-refractivity contribution is 7.17. The van der Waals surface area contributed by atoms with Crippen LogP contribution in [0.25, 0.3) is 10.2 Å². The van der Waals surface area contributed by atoms with Crippen molar-refractivity contribution < 1.29 is 4.74 Å². The third-order valence-electron chi connectivity index (χ3n) is 4.18. The molecule has 0 amide bonds. The molecule has 3 aromatic heterocycles. The lowest BCUT2D eigenvalue weighted by molar-refractivity contribution is 0.122. The van der Waals surface area contributed by atoms with Crippen LogP contribution in [0.1, 0.15) is 11.1 Å². The number of anilines is 2. The second kappa shape index (κ2) is 6.70. The highest BCUT2D eigenvalue weighted by Gasteiger charge is 2.16. The van der Waals surface area contributed by atoms with Gasteiger partial charge in [0.05, 0.1) is 18.6 Å². The van der Waals surface area contributed by atoms with Crippen LogP contribution in [0.2, 0.25) is 0 Å². The Morgan fingerprint density at radius 2 is 2.12 bits per heavy atom. The molecule has 0 aliphatic carbocycles. The zero-order valence-corrected chi connectivity index (χ0v) is 14.3. The summed E-state index contributed by atoms with van der Waals surface area (Å²) >= 11 is 1.65. The molecule has 1 aliphatic heterocycles. The summed E-state index contributed by atoms with van der Waals surface area (Å²) in [5.74, 6) is 1.91. The first kappa shape index (κ1) is 15.3. The first-order valence-corrected chi connectivity index (χ1v) is 8.90. The van der Waals surface area contributed by atoms with Gasteiger partial charge < -0.3 is 15.0 Å². The molecule has 7 heteroatoms. The molecule has 0 bridgehead atoms. The summed E-state index contributed by atoms with van der Waals surface area (Å²) in [7, 11) is 0. The average Bonchev–Trinajstić information content (AvgIpc) is 3.03. The van der Waals surface area contributed by atoms with Crippen molar-refractivity contribution in [3.05, 3.63) is 41.2 Å². The van der Waals surface area contributed by atoms with E-state index in [1.54, 1.807) is 17.7 Å². The van der Waals surface area contributed by atoms with Gasteiger partial charge in [0.2, 0.25) is 0 Å². The monoisotopic (exact) mass is 341 g/mol. The predicted molar refractivity (Wildman–Crippen MR) is 96.7 cm³/mol. The van der Waals surface area contributed by atoms with Gasteiger partial charge in [0.1, 0.15) is 22.8 Å². The molecule has 0 atom stereocenters. The molecule has 4 heterocycles. The number of rotatable bonds is 4. The van der Waals surface area contributed by atoms with E-state index >= 15 is 0 Å². The van der Waals surface area contributed by atoms with E-state index in [0.29, 0.717) is 6.54 Å². The molecule has 0 radical (unpaired) electrons. The molecule has 4 rings (SSSR count). The Hall–Kier alpha value is -2.25. The Kier molecular flexibility index (Phi) is 4.27. The van der Waals surface area contributed by atoms with Gasteiger partial charge in [-0.3, -0.25) is 0 Å². The van der Waals surface area contributed by atoms with Gasteiger partial charge >= 0.3 is 0 Å². The Morgan fingerprint density at radius 3 is 3.00 bits per heavy atom. The van der Waals surface area contributed by atoms with Crippen LogP contribution in [-0.2, 0) is 11.3 Å². The van der Waals surface area contributed by atoms with Crippen molar-refractivity contribution in [1.29, 1.82) is 0 Å². The summed E-state index contributed by atoms with van der Waals surface area (Å²) in [6.45, 7) is 6.05. The highest BCUT2D eigenvalue weighted by Crippen LogP contribution is 2.29. The molecular weight excluding hydrogens is 322 g/mol. The van der Waals surface area contributed by atoms with Crippen molar-refractivity contribution in [3.8, 4) is 0 Å². The quantitative estimate of drug-likeness (QED) is 0.787. The normalized spacial score (nSPS) is 15.0. The van der Waals surface area contributed by atoms with Gasteiger partial charge in [-0.25, -0.2) is 15.0 Å². The summed E-state index contributed by atoms with van der Waals surface area (Å²) in [6, 6.07) is 4.09. The fourth-order valence-electron chi connectivity index (χ4n) is 2.96.